The molecule has 88 valence electrons. The van der Waals surface area contributed by atoms with E-state index in [0.29, 0.717) is 0 Å². The van der Waals surface area contributed by atoms with Crippen LogP contribution in [0.1, 0.15) is 28.2 Å². The fraction of sp³-hybridized carbons (Fsp3) is 0.267. The van der Waals surface area contributed by atoms with Gasteiger partial charge in [-0.2, -0.15) is 0 Å². The molecule has 0 aliphatic heterocycles. The summed E-state index contributed by atoms with van der Waals surface area (Å²) < 4.78 is 0. The molecule has 2 aromatic rings. The predicted molar refractivity (Wildman–Crippen MR) is 69.1 cm³/mol. The number of pyridine rings is 1. The summed E-state index contributed by atoms with van der Waals surface area (Å²) in [5.74, 6) is 0.0172. The number of hydrogen-bond donors (Lipinski definition) is 1. The summed E-state index contributed by atoms with van der Waals surface area (Å²) in [6, 6.07) is 10.1. The van der Waals surface area contributed by atoms with E-state index >= 15 is 0 Å². The molecular formula is C15H17NO. The molecule has 2 rings (SSSR count). The van der Waals surface area contributed by atoms with E-state index in [2.05, 4.69) is 31.0 Å². The quantitative estimate of drug-likeness (QED) is 0.874. The minimum Gasteiger partial charge on any atom is -0.395 e. The first-order valence-corrected chi connectivity index (χ1v) is 5.81. The number of hydrogen-bond acceptors (Lipinski definition) is 2. The van der Waals surface area contributed by atoms with Gasteiger partial charge in [-0.15, -0.1) is 0 Å². The van der Waals surface area contributed by atoms with Gasteiger partial charge in [0.2, 0.25) is 0 Å². The molecule has 0 aliphatic rings. The Morgan fingerprint density at radius 3 is 2.65 bits per heavy atom. The molecule has 1 atom stereocenters. The van der Waals surface area contributed by atoms with E-state index in [1.54, 1.807) is 6.20 Å². The van der Waals surface area contributed by atoms with Gasteiger partial charge in [-0.3, -0.25) is 4.98 Å². The lowest BCUT2D eigenvalue weighted by molar-refractivity contribution is 0.280. The number of rotatable bonds is 3. The van der Waals surface area contributed by atoms with Gasteiger partial charge >= 0.3 is 0 Å². The average molecular weight is 227 g/mol. The van der Waals surface area contributed by atoms with Crippen LogP contribution in [0.25, 0.3) is 0 Å². The average Bonchev–Trinajstić information content (AvgIpc) is 2.37. The first-order chi connectivity index (χ1) is 8.24. The van der Waals surface area contributed by atoms with E-state index in [1.165, 1.54) is 16.7 Å². The van der Waals surface area contributed by atoms with Gasteiger partial charge in [0.15, 0.2) is 0 Å². The van der Waals surface area contributed by atoms with Gasteiger partial charge in [0.25, 0.3) is 0 Å². The topological polar surface area (TPSA) is 33.1 Å². The summed E-state index contributed by atoms with van der Waals surface area (Å²) in [6.07, 6.45) is 3.57. The number of nitrogens with zero attached hydrogens (tertiary/aromatic N) is 1. The summed E-state index contributed by atoms with van der Waals surface area (Å²) in [5.41, 5.74) is 4.74. The number of aryl methyl sites for hydroxylation is 1. The van der Waals surface area contributed by atoms with Crippen molar-refractivity contribution >= 4 is 0 Å². The minimum atomic E-state index is 0.0172. The molecule has 1 heterocycles. The second kappa shape index (κ2) is 5.11. The smallest absolute Gasteiger partial charge is 0.0541 e. The molecule has 17 heavy (non-hydrogen) atoms. The Morgan fingerprint density at radius 1 is 1.18 bits per heavy atom. The fourth-order valence-corrected chi connectivity index (χ4v) is 2.12. The van der Waals surface area contributed by atoms with Crippen LogP contribution in [0.3, 0.4) is 0 Å². The molecule has 0 saturated carbocycles. The fourth-order valence-electron chi connectivity index (χ4n) is 2.12. The second-order valence-electron chi connectivity index (χ2n) is 4.31. The minimum absolute atomic E-state index is 0.0172. The van der Waals surface area contributed by atoms with Crippen molar-refractivity contribution in [2.45, 2.75) is 19.8 Å². The SMILES string of the molecule is Cc1cccc(C(CO)c2cccnc2)c1C. The van der Waals surface area contributed by atoms with E-state index in [-0.39, 0.29) is 12.5 Å². The molecule has 0 bridgehead atoms. The van der Waals surface area contributed by atoms with Crippen molar-refractivity contribution in [3.05, 3.63) is 65.0 Å². The molecule has 0 fully saturated rings. The summed E-state index contributed by atoms with van der Waals surface area (Å²) in [4.78, 5) is 4.12. The lowest BCUT2D eigenvalue weighted by atomic mass is 9.88. The van der Waals surface area contributed by atoms with Crippen molar-refractivity contribution in [1.82, 2.24) is 4.98 Å². The zero-order valence-corrected chi connectivity index (χ0v) is 10.2. The lowest BCUT2D eigenvalue weighted by Crippen LogP contribution is -2.08. The van der Waals surface area contributed by atoms with Crippen LogP contribution in [0.15, 0.2) is 42.7 Å². The highest BCUT2D eigenvalue weighted by Crippen LogP contribution is 2.27. The Balaban J connectivity index is 2.46. The Bertz CT molecular complexity index is 494. The number of aromatic nitrogens is 1. The maximum absolute atomic E-state index is 9.62. The zero-order valence-electron chi connectivity index (χ0n) is 10.2. The highest BCUT2D eigenvalue weighted by Gasteiger charge is 2.15. The molecule has 1 aromatic heterocycles. The molecule has 0 radical (unpaired) electrons. The first kappa shape index (κ1) is 11.8. The number of benzene rings is 1. The van der Waals surface area contributed by atoms with Gasteiger partial charge in [-0.05, 0) is 42.2 Å². The third-order valence-corrected chi connectivity index (χ3v) is 3.29. The summed E-state index contributed by atoms with van der Waals surface area (Å²) in [5, 5.41) is 9.62. The van der Waals surface area contributed by atoms with Crippen molar-refractivity contribution in [3.63, 3.8) is 0 Å². The van der Waals surface area contributed by atoms with Crippen LogP contribution in [0.2, 0.25) is 0 Å². The van der Waals surface area contributed by atoms with Gasteiger partial charge in [0, 0.05) is 18.3 Å². The third-order valence-electron chi connectivity index (χ3n) is 3.29. The van der Waals surface area contributed by atoms with Crippen LogP contribution in [0.4, 0.5) is 0 Å². The Kier molecular flexibility index (Phi) is 3.55. The summed E-state index contributed by atoms with van der Waals surface area (Å²) >= 11 is 0. The lowest BCUT2D eigenvalue weighted by Gasteiger charge is -2.18. The van der Waals surface area contributed by atoms with E-state index < -0.39 is 0 Å². The molecule has 2 nitrogen and oxygen atoms in total. The molecule has 1 N–H and O–H groups in total. The standard InChI is InChI=1S/C15H17NO/c1-11-5-3-7-14(12(11)2)15(10-17)13-6-4-8-16-9-13/h3-9,15,17H,10H2,1-2H3. The highest BCUT2D eigenvalue weighted by atomic mass is 16.3. The van der Waals surface area contributed by atoms with E-state index in [1.807, 2.05) is 24.4 Å². The summed E-state index contributed by atoms with van der Waals surface area (Å²) in [6.45, 7) is 4.30. The molecule has 1 unspecified atom stereocenters. The van der Waals surface area contributed by atoms with Crippen molar-refractivity contribution in [1.29, 1.82) is 0 Å². The molecule has 2 heteroatoms. The highest BCUT2D eigenvalue weighted by molar-refractivity contribution is 5.40. The van der Waals surface area contributed by atoms with Gasteiger partial charge < -0.3 is 5.11 Å². The van der Waals surface area contributed by atoms with Crippen LogP contribution >= 0.6 is 0 Å². The zero-order chi connectivity index (χ0) is 12.3. The van der Waals surface area contributed by atoms with E-state index in [9.17, 15) is 5.11 Å². The van der Waals surface area contributed by atoms with E-state index in [0.717, 1.165) is 5.56 Å². The second-order valence-corrected chi connectivity index (χ2v) is 4.31. The molecular weight excluding hydrogens is 210 g/mol. The Morgan fingerprint density at radius 2 is 2.00 bits per heavy atom. The van der Waals surface area contributed by atoms with Crippen molar-refractivity contribution < 1.29 is 5.11 Å². The maximum atomic E-state index is 9.62. The van der Waals surface area contributed by atoms with Gasteiger partial charge in [0.1, 0.15) is 0 Å². The summed E-state index contributed by atoms with van der Waals surface area (Å²) in [7, 11) is 0. The molecule has 0 saturated heterocycles. The largest absolute Gasteiger partial charge is 0.395 e. The third kappa shape index (κ3) is 2.37. The Hall–Kier alpha value is -1.67. The van der Waals surface area contributed by atoms with Gasteiger partial charge in [-0.1, -0.05) is 24.3 Å². The molecule has 0 spiro atoms. The van der Waals surface area contributed by atoms with Crippen molar-refractivity contribution in [3.8, 4) is 0 Å². The first-order valence-electron chi connectivity index (χ1n) is 5.81. The van der Waals surface area contributed by atoms with Crippen LogP contribution < -0.4 is 0 Å². The van der Waals surface area contributed by atoms with Crippen molar-refractivity contribution in [2.75, 3.05) is 6.61 Å². The monoisotopic (exact) mass is 227 g/mol. The normalized spacial score (nSPS) is 12.4. The van der Waals surface area contributed by atoms with Gasteiger partial charge in [-0.25, -0.2) is 0 Å². The van der Waals surface area contributed by atoms with Crippen LogP contribution in [-0.2, 0) is 0 Å². The maximum Gasteiger partial charge on any atom is 0.0541 e. The Labute approximate surface area is 102 Å². The predicted octanol–water partition coefficient (Wildman–Crippen LogP) is 2.82. The van der Waals surface area contributed by atoms with Gasteiger partial charge in [0.05, 0.1) is 6.61 Å². The van der Waals surface area contributed by atoms with Crippen LogP contribution in [-0.4, -0.2) is 16.7 Å². The molecule has 0 amide bonds. The number of aliphatic hydroxyl groups is 1. The van der Waals surface area contributed by atoms with Crippen LogP contribution in [0.5, 0.6) is 0 Å². The van der Waals surface area contributed by atoms with Crippen LogP contribution in [0, 0.1) is 13.8 Å². The van der Waals surface area contributed by atoms with Crippen molar-refractivity contribution in [2.24, 2.45) is 0 Å². The number of aliphatic hydroxyl groups excluding tert-OH is 1. The molecule has 0 aliphatic carbocycles. The molecule has 1 aromatic carbocycles. The van der Waals surface area contributed by atoms with E-state index in [4.69, 9.17) is 0 Å².